The molecule has 2 aromatic heterocycles. The number of hydrogen-bond acceptors (Lipinski definition) is 5. The fourth-order valence-corrected chi connectivity index (χ4v) is 5.56. The molecule has 12 heteroatoms. The third-order valence-corrected chi connectivity index (χ3v) is 7.50. The normalized spacial score (nSPS) is 20.7. The van der Waals surface area contributed by atoms with Gasteiger partial charge in [0.25, 0.3) is 5.91 Å². The molecule has 4 heterocycles. The van der Waals surface area contributed by atoms with Crippen molar-refractivity contribution < 1.29 is 22.4 Å². The Balaban J connectivity index is 1.20. The zero-order valence-corrected chi connectivity index (χ0v) is 21.0. The molecule has 0 saturated carbocycles. The maximum Gasteiger partial charge on any atom is 0.435 e. The number of aromatic nitrogens is 4. The van der Waals surface area contributed by atoms with Gasteiger partial charge in [-0.05, 0) is 56.5 Å². The monoisotopic (exact) mass is 530 g/mol. The van der Waals surface area contributed by atoms with Crippen molar-refractivity contribution in [2.75, 3.05) is 32.7 Å². The van der Waals surface area contributed by atoms with Crippen molar-refractivity contribution in [3.63, 3.8) is 0 Å². The van der Waals surface area contributed by atoms with Gasteiger partial charge in [-0.2, -0.15) is 18.3 Å². The van der Waals surface area contributed by atoms with Gasteiger partial charge in [0.15, 0.2) is 11.5 Å². The first kappa shape index (κ1) is 26.2. The van der Waals surface area contributed by atoms with Crippen molar-refractivity contribution in [3.8, 4) is 5.82 Å². The molecule has 8 nitrogen and oxygen atoms in total. The summed E-state index contributed by atoms with van der Waals surface area (Å²) >= 11 is 0. The molecule has 3 aromatic rings. The number of hydrogen-bond donors (Lipinski definition) is 0. The zero-order valence-electron chi connectivity index (χ0n) is 21.0. The number of benzene rings is 1. The van der Waals surface area contributed by atoms with Crippen LogP contribution in [-0.2, 0) is 6.18 Å². The number of amides is 1. The number of halogens is 4. The molecule has 3 atom stereocenters. The number of rotatable bonds is 6. The predicted octanol–water partition coefficient (Wildman–Crippen LogP) is 4.62. The first-order valence-electron chi connectivity index (χ1n) is 12.5. The highest BCUT2D eigenvalue weighted by molar-refractivity contribution is 5.96. The largest absolute Gasteiger partial charge is 0.671 e. The minimum Gasteiger partial charge on any atom is -0.671 e. The van der Waals surface area contributed by atoms with Crippen molar-refractivity contribution in [1.82, 2.24) is 29.8 Å². The summed E-state index contributed by atoms with van der Waals surface area (Å²) in [4.78, 5) is 17.6. The van der Waals surface area contributed by atoms with E-state index in [1.807, 2.05) is 4.90 Å². The molecule has 2 saturated heterocycles. The maximum absolute atomic E-state index is 13.5. The summed E-state index contributed by atoms with van der Waals surface area (Å²) in [5.74, 6) is 0.285. The van der Waals surface area contributed by atoms with Gasteiger partial charge in [-0.3, -0.25) is 4.79 Å². The van der Waals surface area contributed by atoms with E-state index >= 15 is 0 Å². The standard InChI is InChI=1S/C26H28F4N7O/c1-15-24(16(2)37(34-15)23-7-6-22(32-33-23)26(28,29)30)25(38)36-13-18-11-35(12-19(18)14-36)9-8-21(31)17-4-3-5-20(27)10-17/h3-7,10,18-19,21,31H,8-9,11-14H2,1-2H3/q-1/t18?,19?,21-/m0/s1. The Hall–Kier alpha value is -3.38. The predicted molar refractivity (Wildman–Crippen MR) is 131 cm³/mol. The lowest BCUT2D eigenvalue weighted by Gasteiger charge is -2.26. The molecule has 1 N–H and O–H groups in total. The molecule has 1 amide bonds. The third-order valence-electron chi connectivity index (χ3n) is 7.50. The lowest BCUT2D eigenvalue weighted by atomic mass is 10.0. The van der Waals surface area contributed by atoms with Crippen LogP contribution in [-0.4, -0.2) is 68.4 Å². The summed E-state index contributed by atoms with van der Waals surface area (Å²) in [6.45, 7) is 7.02. The summed E-state index contributed by atoms with van der Waals surface area (Å²) in [5, 5.41) is 11.3. The molecule has 5 rings (SSSR count). The van der Waals surface area contributed by atoms with Crippen molar-refractivity contribution in [2.45, 2.75) is 32.5 Å². The minimum absolute atomic E-state index is 0.109. The molecule has 0 bridgehead atoms. The van der Waals surface area contributed by atoms with E-state index in [-0.39, 0.29) is 17.5 Å². The molecule has 0 aliphatic carbocycles. The van der Waals surface area contributed by atoms with Gasteiger partial charge < -0.3 is 15.5 Å². The van der Waals surface area contributed by atoms with E-state index in [9.17, 15) is 22.4 Å². The Morgan fingerprint density at radius 1 is 1.08 bits per heavy atom. The topological polar surface area (TPSA) is 91.0 Å². The van der Waals surface area contributed by atoms with Gasteiger partial charge in [-0.15, -0.1) is 16.2 Å². The van der Waals surface area contributed by atoms with Crippen molar-refractivity contribution in [3.05, 3.63) is 76.2 Å². The average molecular weight is 531 g/mol. The number of carbonyl (C=O) groups excluding carboxylic acids is 1. The van der Waals surface area contributed by atoms with Crippen LogP contribution in [0, 0.1) is 31.5 Å². The summed E-state index contributed by atoms with van der Waals surface area (Å²) in [7, 11) is 0. The van der Waals surface area contributed by atoms with Crippen LogP contribution in [0.3, 0.4) is 0 Å². The fraction of sp³-hybridized carbons (Fsp3) is 0.462. The van der Waals surface area contributed by atoms with Crippen molar-refractivity contribution in [2.24, 2.45) is 11.8 Å². The first-order valence-corrected chi connectivity index (χ1v) is 12.5. The van der Waals surface area contributed by atoms with Gasteiger partial charge in [0.05, 0.1) is 17.0 Å². The summed E-state index contributed by atoms with van der Waals surface area (Å²) < 4.78 is 53.3. The molecule has 38 heavy (non-hydrogen) atoms. The third kappa shape index (κ3) is 5.14. The van der Waals surface area contributed by atoms with Gasteiger partial charge in [-0.1, -0.05) is 24.1 Å². The fourth-order valence-electron chi connectivity index (χ4n) is 5.56. The highest BCUT2D eigenvalue weighted by atomic mass is 19.4. The Kier molecular flexibility index (Phi) is 6.95. The number of nitrogens with zero attached hydrogens (tertiary/aromatic N) is 6. The van der Waals surface area contributed by atoms with Gasteiger partial charge in [0, 0.05) is 26.2 Å². The van der Waals surface area contributed by atoms with E-state index in [2.05, 4.69) is 20.2 Å². The van der Waals surface area contributed by atoms with Crippen molar-refractivity contribution >= 4 is 5.91 Å². The average Bonchev–Trinajstić information content (AvgIpc) is 3.53. The maximum atomic E-state index is 13.5. The van der Waals surface area contributed by atoms with E-state index < -0.39 is 17.9 Å². The number of carbonyl (C=O) groups is 1. The summed E-state index contributed by atoms with van der Waals surface area (Å²) in [6.07, 6.45) is -3.98. The number of aryl methyl sites for hydroxylation is 1. The van der Waals surface area contributed by atoms with E-state index in [4.69, 9.17) is 5.73 Å². The zero-order chi connectivity index (χ0) is 27.2. The van der Waals surface area contributed by atoms with Crippen molar-refractivity contribution in [1.29, 1.82) is 0 Å². The van der Waals surface area contributed by atoms with E-state index in [1.54, 1.807) is 26.0 Å². The Morgan fingerprint density at radius 2 is 1.79 bits per heavy atom. The Morgan fingerprint density at radius 3 is 2.39 bits per heavy atom. The Bertz CT molecular complexity index is 1310. The van der Waals surface area contributed by atoms with E-state index in [1.165, 1.54) is 22.9 Å². The minimum atomic E-state index is -4.59. The second kappa shape index (κ2) is 10.1. The van der Waals surface area contributed by atoms with E-state index in [0.29, 0.717) is 53.9 Å². The molecule has 2 aliphatic rings. The molecule has 2 aliphatic heterocycles. The van der Waals surface area contributed by atoms with E-state index in [0.717, 1.165) is 25.7 Å². The van der Waals surface area contributed by atoms with Gasteiger partial charge in [0.2, 0.25) is 0 Å². The van der Waals surface area contributed by atoms with Crippen LogP contribution in [0.2, 0.25) is 0 Å². The van der Waals surface area contributed by atoms with Gasteiger partial charge in [-0.25, -0.2) is 9.07 Å². The molecular formula is C26H28F4N7O-. The Labute approximate surface area is 217 Å². The molecule has 0 spiro atoms. The van der Waals surface area contributed by atoms with Gasteiger partial charge >= 0.3 is 6.18 Å². The van der Waals surface area contributed by atoms with Gasteiger partial charge in [0.1, 0.15) is 5.82 Å². The molecule has 1 aromatic carbocycles. The number of fused-ring (bicyclic) bond motifs is 1. The SMILES string of the molecule is Cc1nn(-c2ccc(C(F)(F)F)nn2)c(C)c1C(=O)N1CC2CN(CC[C@H]([NH-])c3cccc(F)c3)CC2C1. The number of nitrogens with one attached hydrogen (secondary N) is 1. The summed E-state index contributed by atoms with van der Waals surface area (Å²) in [5.41, 5.74) is 9.33. The lowest BCUT2D eigenvalue weighted by molar-refractivity contribution is -0.141. The van der Waals surface area contributed by atoms with Crippen LogP contribution in [0.25, 0.3) is 11.6 Å². The number of alkyl halides is 3. The van der Waals surface area contributed by atoms with Crippen LogP contribution in [0.5, 0.6) is 0 Å². The highest BCUT2D eigenvalue weighted by Crippen LogP contribution is 2.34. The van der Waals surface area contributed by atoms with Crippen LogP contribution in [0.15, 0.2) is 36.4 Å². The second-order valence-corrected chi connectivity index (χ2v) is 10.1. The van der Waals surface area contributed by atoms with Crippen LogP contribution >= 0.6 is 0 Å². The molecular weight excluding hydrogens is 502 g/mol. The molecule has 202 valence electrons. The molecule has 0 radical (unpaired) electrons. The highest BCUT2D eigenvalue weighted by Gasteiger charge is 2.42. The molecule has 2 unspecified atom stereocenters. The van der Waals surface area contributed by atoms with Crippen LogP contribution in [0.1, 0.15) is 45.5 Å². The quantitative estimate of drug-likeness (QED) is 0.434. The molecule has 2 fully saturated rings. The second-order valence-electron chi connectivity index (χ2n) is 10.1. The lowest BCUT2D eigenvalue weighted by Crippen LogP contribution is -2.34. The summed E-state index contributed by atoms with van der Waals surface area (Å²) in [6, 6.07) is 7.74. The van der Waals surface area contributed by atoms with Crippen LogP contribution < -0.4 is 0 Å². The first-order chi connectivity index (χ1) is 18.0. The number of likely N-dealkylation sites (tertiary alicyclic amines) is 2. The van der Waals surface area contributed by atoms with Crippen LogP contribution in [0.4, 0.5) is 17.6 Å². The smallest absolute Gasteiger partial charge is 0.435 e.